The van der Waals surface area contributed by atoms with Crippen molar-refractivity contribution in [3.63, 3.8) is 0 Å². The molecule has 0 radical (unpaired) electrons. The minimum Gasteiger partial charge on any atom is -0.462 e. The van der Waals surface area contributed by atoms with Gasteiger partial charge in [-0.1, -0.05) is 233 Å². The standard InChI is InChI=1S/C60H98O6/c1-4-7-10-13-16-19-21-23-24-25-26-27-28-29-30-31-32-33-34-35-36-38-39-41-44-47-50-53-59(62)65-56-57(55-64-58(61)52-49-46-43-18-15-12-9-6-3)66-60(63)54-51-48-45-42-40-37-22-20-17-14-11-8-5-2/h7-8,10-11,16-17,19-20,23-24,26-27,29-30,37,40,45,48,57H,4-6,9,12-15,18,21-22,25,28,31-36,38-39,41-44,46-47,49-56H2,1-3H3/b10-7-,11-8-,19-16-,20-17-,24-23-,27-26-,30-29-,40-37-,48-45-. The summed E-state index contributed by atoms with van der Waals surface area (Å²) < 4.78 is 16.7. The molecular weight excluding hydrogens is 817 g/mol. The Kier molecular flexibility index (Phi) is 50.5. The van der Waals surface area contributed by atoms with E-state index in [0.717, 1.165) is 96.3 Å². The van der Waals surface area contributed by atoms with Crippen molar-refractivity contribution in [3.8, 4) is 0 Å². The van der Waals surface area contributed by atoms with Gasteiger partial charge >= 0.3 is 17.9 Å². The first-order valence-corrected chi connectivity index (χ1v) is 26.9. The van der Waals surface area contributed by atoms with Gasteiger partial charge in [-0.05, 0) is 89.9 Å². The highest BCUT2D eigenvalue weighted by atomic mass is 16.6. The van der Waals surface area contributed by atoms with E-state index in [9.17, 15) is 14.4 Å². The van der Waals surface area contributed by atoms with E-state index in [1.807, 2.05) is 12.2 Å². The maximum atomic E-state index is 12.7. The van der Waals surface area contributed by atoms with Crippen molar-refractivity contribution in [2.24, 2.45) is 0 Å². The van der Waals surface area contributed by atoms with Crippen LogP contribution in [-0.2, 0) is 28.6 Å². The van der Waals surface area contributed by atoms with E-state index in [0.29, 0.717) is 19.3 Å². The summed E-state index contributed by atoms with van der Waals surface area (Å²) in [5.74, 6) is -1.00. The molecular formula is C60H98O6. The van der Waals surface area contributed by atoms with Crippen LogP contribution in [0.15, 0.2) is 109 Å². The molecule has 66 heavy (non-hydrogen) atoms. The minimum atomic E-state index is -0.815. The first-order chi connectivity index (χ1) is 32.5. The largest absolute Gasteiger partial charge is 0.462 e. The maximum Gasteiger partial charge on any atom is 0.306 e. The highest BCUT2D eigenvalue weighted by Gasteiger charge is 2.19. The van der Waals surface area contributed by atoms with Crippen molar-refractivity contribution in [1.82, 2.24) is 0 Å². The van der Waals surface area contributed by atoms with Crippen LogP contribution in [0.1, 0.15) is 233 Å². The van der Waals surface area contributed by atoms with Crippen LogP contribution in [0.5, 0.6) is 0 Å². The molecule has 374 valence electrons. The molecule has 0 amide bonds. The number of carbonyl (C=O) groups is 3. The Morgan fingerprint density at radius 1 is 0.318 bits per heavy atom. The number of carbonyl (C=O) groups excluding carboxylic acids is 3. The second-order valence-corrected chi connectivity index (χ2v) is 17.4. The highest BCUT2D eigenvalue weighted by Crippen LogP contribution is 2.14. The molecule has 0 aromatic heterocycles. The molecule has 6 nitrogen and oxygen atoms in total. The molecule has 0 aliphatic heterocycles. The zero-order valence-corrected chi connectivity index (χ0v) is 42.7. The summed E-state index contributed by atoms with van der Waals surface area (Å²) >= 11 is 0. The zero-order valence-electron chi connectivity index (χ0n) is 42.7. The van der Waals surface area contributed by atoms with Gasteiger partial charge in [-0.15, -0.1) is 0 Å². The number of ether oxygens (including phenoxy) is 3. The molecule has 0 heterocycles. The number of esters is 3. The maximum absolute atomic E-state index is 12.7. The molecule has 0 aliphatic carbocycles. The molecule has 0 aliphatic rings. The van der Waals surface area contributed by atoms with Crippen molar-refractivity contribution >= 4 is 17.9 Å². The molecule has 0 saturated carbocycles. The van der Waals surface area contributed by atoms with Crippen molar-refractivity contribution in [3.05, 3.63) is 109 Å². The molecule has 1 unspecified atom stereocenters. The predicted octanol–water partition coefficient (Wildman–Crippen LogP) is 17.9. The molecule has 0 bridgehead atoms. The van der Waals surface area contributed by atoms with Crippen molar-refractivity contribution in [2.45, 2.75) is 239 Å². The molecule has 0 aromatic carbocycles. The number of allylic oxidation sites excluding steroid dienone is 18. The fourth-order valence-corrected chi connectivity index (χ4v) is 7.07. The van der Waals surface area contributed by atoms with Crippen LogP contribution < -0.4 is 0 Å². The van der Waals surface area contributed by atoms with Crippen molar-refractivity contribution in [1.29, 1.82) is 0 Å². The Labute approximate surface area is 406 Å². The minimum absolute atomic E-state index is 0.107. The summed E-state index contributed by atoms with van der Waals surface area (Å²) in [4.78, 5) is 37.8. The first kappa shape index (κ1) is 62.1. The molecule has 0 fully saturated rings. The normalized spacial score (nSPS) is 13.0. The Morgan fingerprint density at radius 2 is 0.621 bits per heavy atom. The van der Waals surface area contributed by atoms with E-state index >= 15 is 0 Å². The molecule has 0 N–H and O–H groups in total. The fraction of sp³-hybridized carbons (Fsp3) is 0.650. The first-order valence-electron chi connectivity index (χ1n) is 26.9. The molecule has 1 atom stereocenters. The smallest absolute Gasteiger partial charge is 0.306 e. The van der Waals surface area contributed by atoms with Crippen LogP contribution in [0.4, 0.5) is 0 Å². The fourth-order valence-electron chi connectivity index (χ4n) is 7.07. The quantitative estimate of drug-likeness (QED) is 0.0262. The van der Waals surface area contributed by atoms with Gasteiger partial charge in [0.25, 0.3) is 0 Å². The van der Waals surface area contributed by atoms with E-state index in [4.69, 9.17) is 14.2 Å². The summed E-state index contributed by atoms with van der Waals surface area (Å²) in [6.45, 7) is 6.30. The average Bonchev–Trinajstić information content (AvgIpc) is 3.31. The van der Waals surface area contributed by atoms with E-state index in [1.165, 1.54) is 89.9 Å². The van der Waals surface area contributed by atoms with Gasteiger partial charge in [0.1, 0.15) is 13.2 Å². The van der Waals surface area contributed by atoms with Gasteiger partial charge in [-0.25, -0.2) is 0 Å². The van der Waals surface area contributed by atoms with Gasteiger partial charge in [0.15, 0.2) is 6.10 Å². The van der Waals surface area contributed by atoms with Crippen molar-refractivity contribution in [2.75, 3.05) is 13.2 Å². The summed E-state index contributed by atoms with van der Waals surface area (Å²) in [6, 6.07) is 0. The molecule has 0 rings (SSSR count). The Morgan fingerprint density at radius 3 is 0.985 bits per heavy atom. The van der Waals surface area contributed by atoms with Crippen LogP contribution in [0.2, 0.25) is 0 Å². The lowest BCUT2D eigenvalue weighted by Gasteiger charge is -2.18. The summed E-state index contributed by atoms with van der Waals surface area (Å²) in [7, 11) is 0. The van der Waals surface area contributed by atoms with Crippen LogP contribution in [0.3, 0.4) is 0 Å². The Hall–Kier alpha value is -3.93. The second-order valence-electron chi connectivity index (χ2n) is 17.4. The van der Waals surface area contributed by atoms with Crippen LogP contribution in [0.25, 0.3) is 0 Å². The third-order valence-electron chi connectivity index (χ3n) is 11.0. The highest BCUT2D eigenvalue weighted by molar-refractivity contribution is 5.71. The van der Waals surface area contributed by atoms with Crippen molar-refractivity contribution < 1.29 is 28.6 Å². The van der Waals surface area contributed by atoms with E-state index in [2.05, 4.69) is 118 Å². The van der Waals surface area contributed by atoms with Gasteiger partial charge in [0.2, 0.25) is 0 Å². The van der Waals surface area contributed by atoms with E-state index in [-0.39, 0.29) is 31.6 Å². The van der Waals surface area contributed by atoms with Crippen LogP contribution >= 0.6 is 0 Å². The number of hydrogen-bond donors (Lipinski definition) is 0. The van der Waals surface area contributed by atoms with Gasteiger partial charge in [-0.3, -0.25) is 14.4 Å². The number of unbranched alkanes of at least 4 members (excludes halogenated alkanes) is 18. The van der Waals surface area contributed by atoms with Gasteiger partial charge in [0, 0.05) is 19.3 Å². The number of rotatable bonds is 47. The van der Waals surface area contributed by atoms with E-state index < -0.39 is 12.1 Å². The third kappa shape index (κ3) is 51.1. The zero-order chi connectivity index (χ0) is 47.9. The predicted molar refractivity (Wildman–Crippen MR) is 283 cm³/mol. The molecule has 0 aromatic rings. The lowest BCUT2D eigenvalue weighted by atomic mass is 10.0. The monoisotopic (exact) mass is 915 g/mol. The summed E-state index contributed by atoms with van der Waals surface area (Å²) in [5.41, 5.74) is 0. The summed E-state index contributed by atoms with van der Waals surface area (Å²) in [5, 5.41) is 0. The topological polar surface area (TPSA) is 78.9 Å². The lowest BCUT2D eigenvalue weighted by molar-refractivity contribution is -0.166. The second kappa shape index (κ2) is 53.7. The van der Waals surface area contributed by atoms with Gasteiger partial charge < -0.3 is 14.2 Å². The van der Waals surface area contributed by atoms with Gasteiger partial charge in [-0.2, -0.15) is 0 Å². The van der Waals surface area contributed by atoms with Crippen LogP contribution in [-0.4, -0.2) is 37.2 Å². The summed E-state index contributed by atoms with van der Waals surface area (Å²) in [6.07, 6.45) is 72.6. The lowest BCUT2D eigenvalue weighted by Crippen LogP contribution is -2.30. The Bertz CT molecular complexity index is 1370. The molecule has 6 heteroatoms. The van der Waals surface area contributed by atoms with Gasteiger partial charge in [0.05, 0.1) is 0 Å². The Balaban J connectivity index is 4.23. The molecule has 0 spiro atoms. The SMILES string of the molecule is CC/C=C\C/C=C\C/C=C\C/C=C\C/C=C\CCCCCCCCCCCCCC(=O)OCC(COC(=O)CCCCCCCCCC)OC(=O)CC/C=C\C/C=C\C/C=C\C/C=C\CC. The third-order valence-corrected chi connectivity index (χ3v) is 11.0. The number of hydrogen-bond acceptors (Lipinski definition) is 6. The average molecular weight is 915 g/mol. The van der Waals surface area contributed by atoms with Crippen LogP contribution in [0, 0.1) is 0 Å². The van der Waals surface area contributed by atoms with E-state index in [1.54, 1.807) is 0 Å². The molecule has 0 saturated heterocycles.